The molecule has 0 spiro atoms. The normalized spacial score (nSPS) is 15.9. The predicted molar refractivity (Wildman–Crippen MR) is 125 cm³/mol. The maximum Gasteiger partial charge on any atom is 0.251 e. The Morgan fingerprint density at radius 3 is 2.73 bits per heavy atom. The lowest BCUT2D eigenvalue weighted by Gasteiger charge is -2.28. The van der Waals surface area contributed by atoms with Gasteiger partial charge in [-0.1, -0.05) is 6.07 Å². The lowest BCUT2D eigenvalue weighted by Crippen LogP contribution is -2.36. The number of anilines is 3. The van der Waals surface area contributed by atoms with Gasteiger partial charge in [0.15, 0.2) is 11.5 Å². The largest absolute Gasteiger partial charge is 0.378 e. The number of rotatable bonds is 4. The second kappa shape index (κ2) is 8.18. The molecule has 0 atom stereocenters. The van der Waals surface area contributed by atoms with Gasteiger partial charge >= 0.3 is 0 Å². The molecule has 9 heteroatoms. The third-order valence-electron chi connectivity index (χ3n) is 6.14. The Morgan fingerprint density at radius 2 is 1.88 bits per heavy atom. The number of aromatic nitrogens is 4. The van der Waals surface area contributed by atoms with Crippen molar-refractivity contribution in [1.82, 2.24) is 24.9 Å². The molecular formula is C24H23N7O2. The molecule has 1 saturated heterocycles. The molecule has 0 bridgehead atoms. The minimum Gasteiger partial charge on any atom is -0.378 e. The molecule has 1 amide bonds. The van der Waals surface area contributed by atoms with Crippen LogP contribution in [-0.4, -0.2) is 58.3 Å². The van der Waals surface area contributed by atoms with Crippen LogP contribution < -0.4 is 15.5 Å². The van der Waals surface area contributed by atoms with Crippen LogP contribution in [-0.2, 0) is 11.2 Å². The molecule has 33 heavy (non-hydrogen) atoms. The first-order valence-electron chi connectivity index (χ1n) is 11.1. The molecular weight excluding hydrogens is 418 g/mol. The Labute approximate surface area is 190 Å². The van der Waals surface area contributed by atoms with Crippen LogP contribution >= 0.6 is 0 Å². The first-order chi connectivity index (χ1) is 16.3. The van der Waals surface area contributed by atoms with Gasteiger partial charge in [0.05, 0.1) is 25.1 Å². The van der Waals surface area contributed by atoms with Crippen molar-refractivity contribution in [2.24, 2.45) is 0 Å². The SMILES string of the molecule is O=C1NCCc2cc(-c3cnc(Nc4ccc(N5CCOCC5)cc4)c4ncnn34)ccc21. The zero-order chi connectivity index (χ0) is 22.2. The summed E-state index contributed by atoms with van der Waals surface area (Å²) in [6.07, 6.45) is 4.12. The van der Waals surface area contributed by atoms with E-state index in [0.717, 1.165) is 60.8 Å². The summed E-state index contributed by atoms with van der Waals surface area (Å²) < 4.78 is 7.22. The Hall–Kier alpha value is -3.98. The number of fused-ring (bicyclic) bond motifs is 2. The molecule has 0 saturated carbocycles. The van der Waals surface area contributed by atoms with Crippen molar-refractivity contribution in [3.8, 4) is 11.3 Å². The van der Waals surface area contributed by atoms with Gasteiger partial charge < -0.3 is 20.3 Å². The van der Waals surface area contributed by atoms with Gasteiger partial charge in [-0.25, -0.2) is 14.5 Å². The second-order valence-corrected chi connectivity index (χ2v) is 8.14. The number of amides is 1. The number of ether oxygens (including phenoxy) is 1. The highest BCUT2D eigenvalue weighted by Gasteiger charge is 2.19. The van der Waals surface area contributed by atoms with E-state index in [1.165, 1.54) is 12.0 Å². The van der Waals surface area contributed by atoms with E-state index >= 15 is 0 Å². The van der Waals surface area contributed by atoms with Gasteiger partial charge in [-0.15, -0.1) is 0 Å². The van der Waals surface area contributed by atoms with E-state index in [-0.39, 0.29) is 5.91 Å². The molecule has 0 aliphatic carbocycles. The highest BCUT2D eigenvalue weighted by molar-refractivity contribution is 5.97. The van der Waals surface area contributed by atoms with Gasteiger partial charge in [-0.05, 0) is 48.4 Å². The molecule has 9 nitrogen and oxygen atoms in total. The van der Waals surface area contributed by atoms with Crippen LogP contribution in [0, 0.1) is 0 Å². The van der Waals surface area contributed by atoms with E-state index in [0.29, 0.717) is 18.0 Å². The molecule has 1 fully saturated rings. The lowest BCUT2D eigenvalue weighted by molar-refractivity contribution is 0.0946. The third-order valence-corrected chi connectivity index (χ3v) is 6.14. The molecule has 6 rings (SSSR count). The smallest absolute Gasteiger partial charge is 0.251 e. The molecule has 0 radical (unpaired) electrons. The number of hydrogen-bond acceptors (Lipinski definition) is 7. The number of nitrogens with one attached hydrogen (secondary N) is 2. The maximum atomic E-state index is 12.1. The van der Waals surface area contributed by atoms with Gasteiger partial charge in [-0.2, -0.15) is 5.10 Å². The second-order valence-electron chi connectivity index (χ2n) is 8.14. The van der Waals surface area contributed by atoms with Crippen LogP contribution in [0.2, 0.25) is 0 Å². The fraction of sp³-hybridized carbons (Fsp3) is 0.250. The van der Waals surface area contributed by atoms with Gasteiger partial charge in [0.2, 0.25) is 0 Å². The van der Waals surface area contributed by atoms with E-state index in [1.54, 1.807) is 10.7 Å². The standard InChI is InChI=1S/C24H23N7O2/c32-24-20-6-1-17(13-16(20)7-8-25-24)21-14-26-22(23-27-15-28-31(21)23)29-18-2-4-19(5-3-18)30-9-11-33-12-10-30/h1-6,13-15H,7-12H2,(H,25,32)(H,26,29). The monoisotopic (exact) mass is 441 g/mol. The number of nitrogens with zero attached hydrogens (tertiary/aromatic N) is 5. The van der Waals surface area contributed by atoms with Crippen LogP contribution in [0.3, 0.4) is 0 Å². The first kappa shape index (κ1) is 19.7. The van der Waals surface area contributed by atoms with Crippen molar-refractivity contribution in [1.29, 1.82) is 0 Å². The summed E-state index contributed by atoms with van der Waals surface area (Å²) in [5.74, 6) is 0.610. The van der Waals surface area contributed by atoms with E-state index < -0.39 is 0 Å². The molecule has 2 N–H and O–H groups in total. The highest BCUT2D eigenvalue weighted by Crippen LogP contribution is 2.28. The maximum absolute atomic E-state index is 12.1. The van der Waals surface area contributed by atoms with Crippen LogP contribution in [0.4, 0.5) is 17.2 Å². The third kappa shape index (κ3) is 3.66. The molecule has 2 aromatic carbocycles. The van der Waals surface area contributed by atoms with Crippen LogP contribution in [0.1, 0.15) is 15.9 Å². The van der Waals surface area contributed by atoms with Crippen molar-refractivity contribution in [2.45, 2.75) is 6.42 Å². The summed E-state index contributed by atoms with van der Waals surface area (Å²) in [6, 6.07) is 14.1. The predicted octanol–water partition coefficient (Wildman–Crippen LogP) is 2.66. The molecule has 2 aromatic heterocycles. The van der Waals surface area contributed by atoms with E-state index in [4.69, 9.17) is 4.74 Å². The van der Waals surface area contributed by atoms with Gasteiger partial charge in [0.1, 0.15) is 6.33 Å². The quantitative estimate of drug-likeness (QED) is 0.503. The number of morpholine rings is 1. The number of carbonyl (C=O) groups is 1. The Bertz CT molecular complexity index is 1330. The summed E-state index contributed by atoms with van der Waals surface area (Å²) in [5, 5.41) is 10.7. The minimum absolute atomic E-state index is 0.0222. The van der Waals surface area contributed by atoms with E-state index in [2.05, 4.69) is 42.7 Å². The molecule has 0 unspecified atom stereocenters. The summed E-state index contributed by atoms with van der Waals surface area (Å²) in [5.41, 5.74) is 6.29. The summed E-state index contributed by atoms with van der Waals surface area (Å²) in [6.45, 7) is 3.99. The summed E-state index contributed by atoms with van der Waals surface area (Å²) in [4.78, 5) is 23.5. The van der Waals surface area contributed by atoms with Crippen LogP contribution in [0.5, 0.6) is 0 Å². The van der Waals surface area contributed by atoms with Gasteiger partial charge in [-0.3, -0.25) is 4.79 Å². The summed E-state index contributed by atoms with van der Waals surface area (Å²) in [7, 11) is 0. The summed E-state index contributed by atoms with van der Waals surface area (Å²) >= 11 is 0. The Kier molecular flexibility index (Phi) is 4.88. The lowest BCUT2D eigenvalue weighted by atomic mass is 9.97. The highest BCUT2D eigenvalue weighted by atomic mass is 16.5. The van der Waals surface area contributed by atoms with Crippen LogP contribution in [0.15, 0.2) is 55.0 Å². The molecule has 2 aliphatic rings. The molecule has 166 valence electrons. The Balaban J connectivity index is 1.29. The average molecular weight is 441 g/mol. The fourth-order valence-corrected chi connectivity index (χ4v) is 4.40. The van der Waals surface area contributed by atoms with Gasteiger partial charge in [0, 0.05) is 42.1 Å². The zero-order valence-corrected chi connectivity index (χ0v) is 18.0. The number of benzene rings is 2. The topological polar surface area (TPSA) is 96.7 Å². The average Bonchev–Trinajstić information content (AvgIpc) is 3.36. The molecule has 4 aromatic rings. The molecule has 4 heterocycles. The van der Waals surface area contributed by atoms with Crippen molar-refractivity contribution in [3.63, 3.8) is 0 Å². The number of carbonyl (C=O) groups excluding carboxylic acids is 1. The van der Waals surface area contributed by atoms with E-state index in [1.807, 2.05) is 30.3 Å². The van der Waals surface area contributed by atoms with Crippen molar-refractivity contribution < 1.29 is 9.53 Å². The first-order valence-corrected chi connectivity index (χ1v) is 11.1. The van der Waals surface area contributed by atoms with Crippen molar-refractivity contribution in [3.05, 3.63) is 66.1 Å². The molecule has 2 aliphatic heterocycles. The fourth-order valence-electron chi connectivity index (χ4n) is 4.40. The van der Waals surface area contributed by atoms with Crippen LogP contribution in [0.25, 0.3) is 16.9 Å². The Morgan fingerprint density at radius 1 is 1.03 bits per heavy atom. The van der Waals surface area contributed by atoms with E-state index in [9.17, 15) is 4.79 Å². The van der Waals surface area contributed by atoms with Crippen molar-refractivity contribution >= 4 is 28.7 Å². The zero-order valence-electron chi connectivity index (χ0n) is 18.0. The number of hydrogen-bond donors (Lipinski definition) is 2. The van der Waals surface area contributed by atoms with Crippen molar-refractivity contribution in [2.75, 3.05) is 43.1 Å². The van der Waals surface area contributed by atoms with Gasteiger partial charge in [0.25, 0.3) is 5.91 Å². The minimum atomic E-state index is -0.0222.